The average Bonchev–Trinajstić information content (AvgIpc) is 2.47. The molecule has 2 aliphatic carbocycles. The quantitative estimate of drug-likeness (QED) is 0.751. The van der Waals surface area contributed by atoms with Crippen molar-refractivity contribution in [3.8, 4) is 0 Å². The third kappa shape index (κ3) is 1.84. The monoisotopic (exact) mass is 252 g/mol. The van der Waals surface area contributed by atoms with Crippen molar-refractivity contribution < 1.29 is 15.0 Å². The van der Waals surface area contributed by atoms with Crippen molar-refractivity contribution in [2.75, 3.05) is 0 Å². The number of ketones is 1. The summed E-state index contributed by atoms with van der Waals surface area (Å²) in [4.78, 5) is 12.4. The van der Waals surface area contributed by atoms with Crippen molar-refractivity contribution in [2.24, 2.45) is 17.3 Å². The summed E-state index contributed by atoms with van der Waals surface area (Å²) in [6.07, 6.45) is 3.01. The maximum absolute atomic E-state index is 12.4. The van der Waals surface area contributed by atoms with Crippen molar-refractivity contribution in [1.82, 2.24) is 0 Å². The number of hydrogen-bond donors (Lipinski definition) is 2. The van der Waals surface area contributed by atoms with Gasteiger partial charge in [0.05, 0.1) is 17.6 Å². The Kier molecular flexibility index (Phi) is 3.19. The van der Waals surface area contributed by atoms with Crippen LogP contribution < -0.4 is 0 Å². The van der Waals surface area contributed by atoms with Crippen LogP contribution in [0.25, 0.3) is 0 Å². The first-order chi connectivity index (χ1) is 8.20. The second kappa shape index (κ2) is 4.17. The topological polar surface area (TPSA) is 57.5 Å². The van der Waals surface area contributed by atoms with Gasteiger partial charge >= 0.3 is 0 Å². The van der Waals surface area contributed by atoms with Gasteiger partial charge in [-0.1, -0.05) is 20.8 Å². The largest absolute Gasteiger partial charge is 0.389 e. The lowest BCUT2D eigenvalue weighted by molar-refractivity contribution is -0.135. The molecule has 0 aromatic carbocycles. The minimum atomic E-state index is -0.924. The Morgan fingerprint density at radius 2 is 2.00 bits per heavy atom. The van der Waals surface area contributed by atoms with Crippen LogP contribution in [0.5, 0.6) is 0 Å². The van der Waals surface area contributed by atoms with Crippen LogP contribution in [0.4, 0.5) is 0 Å². The molecule has 2 rings (SSSR count). The number of allylic oxidation sites excluding steroid dienone is 1. The molecule has 0 spiro atoms. The van der Waals surface area contributed by atoms with Gasteiger partial charge in [-0.05, 0) is 49.2 Å². The van der Waals surface area contributed by atoms with Crippen molar-refractivity contribution in [2.45, 2.75) is 58.7 Å². The van der Waals surface area contributed by atoms with Crippen LogP contribution >= 0.6 is 0 Å². The zero-order valence-electron chi connectivity index (χ0n) is 11.7. The second-order valence-corrected chi connectivity index (χ2v) is 6.74. The predicted molar refractivity (Wildman–Crippen MR) is 70.0 cm³/mol. The van der Waals surface area contributed by atoms with Gasteiger partial charge < -0.3 is 10.2 Å². The molecule has 0 heterocycles. The van der Waals surface area contributed by atoms with Crippen molar-refractivity contribution >= 4 is 5.78 Å². The number of rotatable bonds is 1. The number of carbonyl (C=O) groups excluding carboxylic acids is 1. The Morgan fingerprint density at radius 3 is 2.56 bits per heavy atom. The van der Waals surface area contributed by atoms with Crippen LogP contribution in [0.15, 0.2) is 11.6 Å². The highest BCUT2D eigenvalue weighted by Crippen LogP contribution is 2.56. The summed E-state index contributed by atoms with van der Waals surface area (Å²) in [6.45, 7) is 7.76. The lowest BCUT2D eigenvalue weighted by Gasteiger charge is -2.38. The van der Waals surface area contributed by atoms with Crippen LogP contribution in [-0.4, -0.2) is 27.7 Å². The number of hydrogen-bond acceptors (Lipinski definition) is 3. The number of aliphatic hydroxyl groups excluding tert-OH is 1. The maximum Gasteiger partial charge on any atom is 0.162 e. The molecular formula is C15H24O3. The van der Waals surface area contributed by atoms with Crippen LogP contribution in [0.2, 0.25) is 0 Å². The molecule has 102 valence electrons. The summed E-state index contributed by atoms with van der Waals surface area (Å²) in [5.41, 5.74) is -0.488. The Hall–Kier alpha value is -0.670. The van der Waals surface area contributed by atoms with Gasteiger partial charge in [0.2, 0.25) is 0 Å². The fourth-order valence-electron chi connectivity index (χ4n) is 3.82. The van der Waals surface area contributed by atoms with Crippen LogP contribution in [0.1, 0.15) is 47.0 Å². The third-order valence-electron chi connectivity index (χ3n) is 5.13. The molecule has 0 amide bonds. The van der Waals surface area contributed by atoms with E-state index in [2.05, 4.69) is 0 Å². The maximum atomic E-state index is 12.4. The normalized spacial score (nSPS) is 44.8. The summed E-state index contributed by atoms with van der Waals surface area (Å²) in [5.74, 6) is -0.338. The van der Waals surface area contributed by atoms with Gasteiger partial charge in [-0.15, -0.1) is 0 Å². The molecule has 0 aromatic rings. The molecule has 3 heteroatoms. The average molecular weight is 252 g/mol. The van der Waals surface area contributed by atoms with E-state index >= 15 is 0 Å². The van der Waals surface area contributed by atoms with Gasteiger partial charge in [0, 0.05) is 0 Å². The number of carbonyl (C=O) groups is 1. The van der Waals surface area contributed by atoms with E-state index in [-0.39, 0.29) is 23.0 Å². The Bertz CT molecular complexity index is 399. The number of aliphatic hydroxyl groups is 2. The molecule has 0 aliphatic heterocycles. The van der Waals surface area contributed by atoms with Gasteiger partial charge in [-0.3, -0.25) is 4.79 Å². The Morgan fingerprint density at radius 1 is 1.39 bits per heavy atom. The van der Waals surface area contributed by atoms with E-state index in [1.807, 2.05) is 20.8 Å². The van der Waals surface area contributed by atoms with Crippen molar-refractivity contribution in [3.63, 3.8) is 0 Å². The molecule has 0 unspecified atom stereocenters. The second-order valence-electron chi connectivity index (χ2n) is 6.74. The van der Waals surface area contributed by atoms with E-state index in [1.54, 1.807) is 13.0 Å². The molecule has 0 radical (unpaired) electrons. The summed E-state index contributed by atoms with van der Waals surface area (Å²) >= 11 is 0. The molecule has 0 aromatic heterocycles. The van der Waals surface area contributed by atoms with Gasteiger partial charge in [0.1, 0.15) is 0 Å². The molecule has 0 bridgehead atoms. The van der Waals surface area contributed by atoms with E-state index in [4.69, 9.17) is 0 Å². The minimum absolute atomic E-state index is 0.0137. The first kappa shape index (κ1) is 13.8. The molecule has 3 nitrogen and oxygen atoms in total. The molecule has 0 saturated heterocycles. The lowest BCUT2D eigenvalue weighted by atomic mass is 9.68. The highest BCUT2D eigenvalue weighted by Gasteiger charge is 2.58. The Balaban J connectivity index is 2.47. The first-order valence-electron chi connectivity index (χ1n) is 6.83. The van der Waals surface area contributed by atoms with Gasteiger partial charge in [-0.2, -0.15) is 0 Å². The molecule has 4 atom stereocenters. The first-order valence-corrected chi connectivity index (χ1v) is 6.83. The highest BCUT2D eigenvalue weighted by molar-refractivity contribution is 5.94. The van der Waals surface area contributed by atoms with E-state index < -0.39 is 11.7 Å². The van der Waals surface area contributed by atoms with E-state index in [1.165, 1.54) is 0 Å². The highest BCUT2D eigenvalue weighted by atomic mass is 16.3. The van der Waals surface area contributed by atoms with E-state index in [9.17, 15) is 15.0 Å². The van der Waals surface area contributed by atoms with E-state index in [0.717, 1.165) is 12.0 Å². The molecule has 1 fully saturated rings. The molecular weight excluding hydrogens is 228 g/mol. The third-order valence-corrected chi connectivity index (χ3v) is 5.13. The molecule has 2 aliphatic rings. The zero-order valence-corrected chi connectivity index (χ0v) is 11.7. The van der Waals surface area contributed by atoms with Gasteiger partial charge in [0.15, 0.2) is 5.78 Å². The predicted octanol–water partition coefficient (Wildman–Crippen LogP) is 2.07. The standard InChI is InChI=1S/C15H24O3/c1-9(2)15(18)6-5-14(4)8-12(17)10(3)7-11(16)13(14)15/h7,9,12-13,17-18H,5-6,8H2,1-4H3/t12-,13+,14+,15+/m0/s1. The summed E-state index contributed by atoms with van der Waals surface area (Å²) in [6, 6.07) is 0. The lowest BCUT2D eigenvalue weighted by Crippen LogP contribution is -2.47. The van der Waals surface area contributed by atoms with Crippen LogP contribution in [-0.2, 0) is 4.79 Å². The SMILES string of the molecule is CC1=CC(=O)[C@@H]2[C@](C)(CC[C@@]2(O)C(C)C)C[C@@H]1O. The van der Waals surface area contributed by atoms with Crippen LogP contribution in [0.3, 0.4) is 0 Å². The van der Waals surface area contributed by atoms with Crippen molar-refractivity contribution in [1.29, 1.82) is 0 Å². The summed E-state index contributed by atoms with van der Waals surface area (Å²) < 4.78 is 0. The zero-order chi connectivity index (χ0) is 13.7. The van der Waals surface area contributed by atoms with Crippen molar-refractivity contribution in [3.05, 3.63) is 11.6 Å². The fraction of sp³-hybridized carbons (Fsp3) is 0.800. The van der Waals surface area contributed by atoms with Gasteiger partial charge in [0.25, 0.3) is 0 Å². The van der Waals surface area contributed by atoms with Crippen LogP contribution in [0, 0.1) is 17.3 Å². The van der Waals surface area contributed by atoms with Gasteiger partial charge in [-0.25, -0.2) is 0 Å². The molecule has 2 N–H and O–H groups in total. The summed E-state index contributed by atoms with van der Waals surface area (Å²) in [5, 5.41) is 21.0. The summed E-state index contributed by atoms with van der Waals surface area (Å²) in [7, 11) is 0. The fourth-order valence-corrected chi connectivity index (χ4v) is 3.82. The molecule has 1 saturated carbocycles. The number of fused-ring (bicyclic) bond motifs is 1. The van der Waals surface area contributed by atoms with E-state index in [0.29, 0.717) is 12.8 Å². The minimum Gasteiger partial charge on any atom is -0.389 e. The Labute approximate surface area is 109 Å². The smallest absolute Gasteiger partial charge is 0.162 e. The molecule has 18 heavy (non-hydrogen) atoms.